The third-order valence-electron chi connectivity index (χ3n) is 3.39. The highest BCUT2D eigenvalue weighted by Crippen LogP contribution is 2.28. The highest BCUT2D eigenvalue weighted by molar-refractivity contribution is 5.52. The SMILES string of the molecule is FC(F)c1cccc(CNc2ccc3c(c2)CCO3)c1. The molecule has 4 heteroatoms. The first-order chi connectivity index (χ1) is 9.72. The molecule has 0 saturated heterocycles. The van der Waals surface area contributed by atoms with E-state index in [0.29, 0.717) is 6.54 Å². The summed E-state index contributed by atoms with van der Waals surface area (Å²) < 4.78 is 30.7. The first kappa shape index (κ1) is 12.9. The van der Waals surface area contributed by atoms with Gasteiger partial charge in [0.25, 0.3) is 6.43 Å². The molecule has 1 aliphatic rings. The molecule has 0 aromatic heterocycles. The van der Waals surface area contributed by atoms with Crippen LogP contribution in [0.1, 0.15) is 23.1 Å². The lowest BCUT2D eigenvalue weighted by atomic mass is 10.1. The first-order valence-corrected chi connectivity index (χ1v) is 6.59. The highest BCUT2D eigenvalue weighted by Gasteiger charge is 2.12. The number of anilines is 1. The Morgan fingerprint density at radius 2 is 2.05 bits per heavy atom. The molecule has 0 saturated carbocycles. The summed E-state index contributed by atoms with van der Waals surface area (Å²) in [5.41, 5.74) is 3.08. The number of rotatable bonds is 4. The van der Waals surface area contributed by atoms with Crippen LogP contribution in [0.3, 0.4) is 0 Å². The van der Waals surface area contributed by atoms with Crippen LogP contribution >= 0.6 is 0 Å². The molecule has 1 aliphatic heterocycles. The maximum atomic E-state index is 12.6. The van der Waals surface area contributed by atoms with Crippen LogP contribution in [0.25, 0.3) is 0 Å². The fraction of sp³-hybridized carbons (Fsp3) is 0.250. The molecule has 2 aromatic carbocycles. The van der Waals surface area contributed by atoms with E-state index in [1.54, 1.807) is 6.07 Å². The lowest BCUT2D eigenvalue weighted by Gasteiger charge is -2.09. The molecule has 104 valence electrons. The molecule has 20 heavy (non-hydrogen) atoms. The second kappa shape index (κ2) is 5.49. The number of fused-ring (bicyclic) bond motifs is 1. The Bertz CT molecular complexity index is 613. The van der Waals surface area contributed by atoms with E-state index in [4.69, 9.17) is 4.74 Å². The summed E-state index contributed by atoms with van der Waals surface area (Å²) in [5.74, 6) is 0.940. The van der Waals surface area contributed by atoms with Crippen molar-refractivity contribution in [2.24, 2.45) is 0 Å². The molecule has 0 radical (unpaired) electrons. The molecule has 0 spiro atoms. The zero-order chi connectivity index (χ0) is 13.9. The van der Waals surface area contributed by atoms with Crippen LogP contribution in [-0.4, -0.2) is 6.61 Å². The molecule has 1 heterocycles. The van der Waals surface area contributed by atoms with E-state index in [1.165, 1.54) is 17.7 Å². The van der Waals surface area contributed by atoms with Gasteiger partial charge in [-0.25, -0.2) is 8.78 Å². The number of ether oxygens (including phenoxy) is 1. The predicted molar refractivity (Wildman–Crippen MR) is 74.4 cm³/mol. The lowest BCUT2D eigenvalue weighted by molar-refractivity contribution is 0.151. The third-order valence-corrected chi connectivity index (χ3v) is 3.39. The summed E-state index contributed by atoms with van der Waals surface area (Å²) in [6.45, 7) is 1.26. The molecule has 0 atom stereocenters. The van der Waals surface area contributed by atoms with Crippen LogP contribution in [0.2, 0.25) is 0 Å². The highest BCUT2D eigenvalue weighted by atomic mass is 19.3. The largest absolute Gasteiger partial charge is 0.493 e. The maximum Gasteiger partial charge on any atom is 0.263 e. The Balaban J connectivity index is 1.69. The van der Waals surface area contributed by atoms with Gasteiger partial charge in [-0.05, 0) is 35.4 Å². The number of benzene rings is 2. The minimum absolute atomic E-state index is 0.0617. The van der Waals surface area contributed by atoms with Gasteiger partial charge >= 0.3 is 0 Å². The van der Waals surface area contributed by atoms with Gasteiger partial charge in [0.05, 0.1) is 6.61 Å². The van der Waals surface area contributed by atoms with E-state index in [9.17, 15) is 8.78 Å². The molecular weight excluding hydrogens is 260 g/mol. The summed E-state index contributed by atoms with van der Waals surface area (Å²) in [4.78, 5) is 0. The van der Waals surface area contributed by atoms with Crippen molar-refractivity contribution < 1.29 is 13.5 Å². The Labute approximate surface area is 116 Å². The lowest BCUT2D eigenvalue weighted by Crippen LogP contribution is -2.00. The first-order valence-electron chi connectivity index (χ1n) is 6.59. The summed E-state index contributed by atoms with van der Waals surface area (Å²) >= 11 is 0. The van der Waals surface area contributed by atoms with Crippen LogP contribution in [0.4, 0.5) is 14.5 Å². The van der Waals surface area contributed by atoms with Gasteiger partial charge in [-0.15, -0.1) is 0 Å². The van der Waals surface area contributed by atoms with Crippen molar-refractivity contribution in [2.45, 2.75) is 19.4 Å². The Morgan fingerprint density at radius 3 is 2.90 bits per heavy atom. The average Bonchev–Trinajstić information content (AvgIpc) is 2.93. The summed E-state index contributed by atoms with van der Waals surface area (Å²) in [7, 11) is 0. The predicted octanol–water partition coefficient (Wildman–Crippen LogP) is 4.17. The second-order valence-corrected chi connectivity index (χ2v) is 4.82. The molecule has 0 amide bonds. The Morgan fingerprint density at radius 1 is 1.15 bits per heavy atom. The third kappa shape index (κ3) is 2.74. The van der Waals surface area contributed by atoms with Crippen LogP contribution in [0.5, 0.6) is 5.75 Å². The normalized spacial score (nSPS) is 13.2. The average molecular weight is 275 g/mol. The minimum Gasteiger partial charge on any atom is -0.493 e. The van der Waals surface area contributed by atoms with Crippen LogP contribution < -0.4 is 10.1 Å². The smallest absolute Gasteiger partial charge is 0.263 e. The van der Waals surface area contributed by atoms with Crippen LogP contribution in [0, 0.1) is 0 Å². The van der Waals surface area contributed by atoms with Gasteiger partial charge in [-0.2, -0.15) is 0 Å². The van der Waals surface area contributed by atoms with Crippen molar-refractivity contribution in [2.75, 3.05) is 11.9 Å². The zero-order valence-electron chi connectivity index (χ0n) is 10.9. The molecule has 3 rings (SSSR count). The van der Waals surface area contributed by atoms with Gasteiger partial charge in [0.2, 0.25) is 0 Å². The van der Waals surface area contributed by atoms with Crippen molar-refractivity contribution in [3.63, 3.8) is 0 Å². The molecule has 0 fully saturated rings. The van der Waals surface area contributed by atoms with Gasteiger partial charge in [-0.3, -0.25) is 0 Å². The Kier molecular flexibility index (Phi) is 3.54. The van der Waals surface area contributed by atoms with Crippen molar-refractivity contribution in [3.05, 3.63) is 59.2 Å². The molecular formula is C16H15F2NO. The topological polar surface area (TPSA) is 21.3 Å². The zero-order valence-corrected chi connectivity index (χ0v) is 10.9. The summed E-state index contributed by atoms with van der Waals surface area (Å²) in [6, 6.07) is 12.4. The molecule has 0 aliphatic carbocycles. The number of hydrogen-bond donors (Lipinski definition) is 1. The van der Waals surface area contributed by atoms with Gasteiger partial charge in [0.15, 0.2) is 0 Å². The number of nitrogens with one attached hydrogen (secondary N) is 1. The summed E-state index contributed by atoms with van der Waals surface area (Å²) in [6.07, 6.45) is -1.50. The van der Waals surface area contributed by atoms with Crippen molar-refractivity contribution in [3.8, 4) is 5.75 Å². The van der Waals surface area contributed by atoms with Gasteiger partial charge in [0, 0.05) is 24.2 Å². The fourth-order valence-electron chi connectivity index (χ4n) is 2.34. The minimum atomic E-state index is -2.42. The van der Waals surface area contributed by atoms with Crippen molar-refractivity contribution >= 4 is 5.69 Å². The van der Waals surface area contributed by atoms with Crippen LogP contribution in [0.15, 0.2) is 42.5 Å². The quantitative estimate of drug-likeness (QED) is 0.904. The molecule has 2 nitrogen and oxygen atoms in total. The maximum absolute atomic E-state index is 12.6. The Hall–Kier alpha value is -2.10. The van der Waals surface area contributed by atoms with E-state index in [1.807, 2.05) is 18.2 Å². The molecule has 0 unspecified atom stereocenters. The molecule has 1 N–H and O–H groups in total. The van der Waals surface area contributed by atoms with E-state index in [2.05, 4.69) is 11.4 Å². The van der Waals surface area contributed by atoms with Gasteiger partial charge in [-0.1, -0.05) is 18.2 Å². The van der Waals surface area contributed by atoms with E-state index in [-0.39, 0.29) is 5.56 Å². The molecule has 0 bridgehead atoms. The summed E-state index contributed by atoms with van der Waals surface area (Å²) in [5, 5.41) is 3.26. The van der Waals surface area contributed by atoms with E-state index >= 15 is 0 Å². The number of halogens is 2. The van der Waals surface area contributed by atoms with Gasteiger partial charge < -0.3 is 10.1 Å². The van der Waals surface area contributed by atoms with Crippen LogP contribution in [-0.2, 0) is 13.0 Å². The number of hydrogen-bond acceptors (Lipinski definition) is 2. The van der Waals surface area contributed by atoms with E-state index in [0.717, 1.165) is 30.0 Å². The number of alkyl halides is 2. The standard InChI is InChI=1S/C16H15F2NO/c17-16(18)13-3-1-2-11(8-13)10-19-14-4-5-15-12(9-14)6-7-20-15/h1-5,8-9,16,19H,6-7,10H2. The second-order valence-electron chi connectivity index (χ2n) is 4.82. The van der Waals surface area contributed by atoms with Crippen molar-refractivity contribution in [1.82, 2.24) is 0 Å². The van der Waals surface area contributed by atoms with E-state index < -0.39 is 6.43 Å². The fourth-order valence-corrected chi connectivity index (χ4v) is 2.34. The van der Waals surface area contributed by atoms with Crippen molar-refractivity contribution in [1.29, 1.82) is 0 Å². The van der Waals surface area contributed by atoms with Gasteiger partial charge in [0.1, 0.15) is 5.75 Å². The molecule has 2 aromatic rings. The monoisotopic (exact) mass is 275 g/mol.